The molecule has 0 N–H and O–H groups in total. The number of benzene rings is 1. The van der Waals surface area contributed by atoms with Gasteiger partial charge in [0.1, 0.15) is 0 Å². The van der Waals surface area contributed by atoms with Crippen molar-refractivity contribution in [2.24, 2.45) is 0 Å². The summed E-state index contributed by atoms with van der Waals surface area (Å²) in [5, 5.41) is 1.32. The van der Waals surface area contributed by atoms with Crippen LogP contribution in [0.5, 0.6) is 0 Å². The van der Waals surface area contributed by atoms with E-state index in [0.717, 1.165) is 24.2 Å². The molecule has 130 valence electrons. The zero-order valence-electron chi connectivity index (χ0n) is 13.0. The van der Waals surface area contributed by atoms with Crippen molar-refractivity contribution < 1.29 is 0 Å². The van der Waals surface area contributed by atoms with E-state index in [9.17, 15) is 0 Å². The number of anilines is 1. The number of piperazine rings is 1. The maximum Gasteiger partial charge on any atom is 0.0562 e. The van der Waals surface area contributed by atoms with Gasteiger partial charge in [-0.3, -0.25) is 9.88 Å². The molecule has 2 bridgehead atoms. The zero-order valence-corrected chi connectivity index (χ0v) is 16.1. The molecule has 0 radical (unpaired) electrons. The molecule has 1 aromatic heterocycles. The molecule has 24 heavy (non-hydrogen) atoms. The van der Waals surface area contributed by atoms with Crippen molar-refractivity contribution in [2.45, 2.75) is 12.5 Å². The zero-order chi connectivity index (χ0) is 15.1. The predicted octanol–water partition coefficient (Wildman–Crippen LogP) is 4.79. The van der Waals surface area contributed by atoms with Gasteiger partial charge in [-0.1, -0.05) is 29.3 Å². The minimum Gasteiger partial charge on any atom is -0.365 e. The molecule has 1 aromatic carbocycles. The molecule has 2 aliphatic rings. The molecule has 2 aromatic rings. The number of nitrogens with zero attached hydrogens (tertiary/aromatic N) is 3. The summed E-state index contributed by atoms with van der Waals surface area (Å²) in [6, 6.07) is 8.41. The Morgan fingerprint density at radius 2 is 1.83 bits per heavy atom. The van der Waals surface area contributed by atoms with Crippen molar-refractivity contribution in [3.8, 4) is 11.1 Å². The summed E-state index contributed by atoms with van der Waals surface area (Å²) in [5.41, 5.74) is 3.21. The fourth-order valence-corrected chi connectivity index (χ4v) is 4.01. The van der Waals surface area contributed by atoms with Gasteiger partial charge < -0.3 is 4.90 Å². The van der Waals surface area contributed by atoms with Crippen molar-refractivity contribution >= 4 is 53.7 Å². The van der Waals surface area contributed by atoms with Crippen LogP contribution in [0.15, 0.2) is 36.7 Å². The van der Waals surface area contributed by atoms with E-state index in [0.29, 0.717) is 16.1 Å². The maximum atomic E-state index is 6.33. The van der Waals surface area contributed by atoms with E-state index >= 15 is 0 Å². The first kappa shape index (κ1) is 19.6. The standard InChI is InChI=1S/C17H17Cl2N3.2ClH/c18-13-1-2-16(17(19)8-13)12-7-15(10-20-9-12)22-6-5-21-4-3-14(22)11-21;;/h1-2,7-10,14H,3-6,11H2;2*1H. The summed E-state index contributed by atoms with van der Waals surface area (Å²) in [6.45, 7) is 4.61. The van der Waals surface area contributed by atoms with Crippen molar-refractivity contribution in [3.05, 3.63) is 46.7 Å². The van der Waals surface area contributed by atoms with Gasteiger partial charge in [0.05, 0.1) is 11.9 Å². The summed E-state index contributed by atoms with van der Waals surface area (Å²) in [4.78, 5) is 9.46. The minimum atomic E-state index is 0. The van der Waals surface area contributed by atoms with Gasteiger partial charge in [0.25, 0.3) is 0 Å². The lowest BCUT2D eigenvalue weighted by Gasteiger charge is -2.36. The molecule has 2 unspecified atom stereocenters. The maximum absolute atomic E-state index is 6.33. The Balaban J connectivity index is 0.00000104. The lowest BCUT2D eigenvalue weighted by molar-refractivity contribution is 0.310. The number of pyridine rings is 1. The van der Waals surface area contributed by atoms with Crippen LogP contribution in [0, 0.1) is 0 Å². The summed E-state index contributed by atoms with van der Waals surface area (Å²) >= 11 is 12.3. The second kappa shape index (κ2) is 8.11. The molecule has 2 fully saturated rings. The van der Waals surface area contributed by atoms with Gasteiger partial charge >= 0.3 is 0 Å². The minimum absolute atomic E-state index is 0. The number of fused-ring (bicyclic) bond motifs is 2. The molecule has 0 spiro atoms. The summed E-state index contributed by atoms with van der Waals surface area (Å²) in [6.07, 6.45) is 5.07. The van der Waals surface area contributed by atoms with Crippen LogP contribution in [0.2, 0.25) is 10.0 Å². The second-order valence-electron chi connectivity index (χ2n) is 5.99. The molecule has 3 nitrogen and oxygen atoms in total. The smallest absolute Gasteiger partial charge is 0.0562 e. The molecule has 2 atom stereocenters. The van der Waals surface area contributed by atoms with E-state index < -0.39 is 0 Å². The van der Waals surface area contributed by atoms with Crippen LogP contribution < -0.4 is 4.90 Å². The third kappa shape index (κ3) is 3.76. The van der Waals surface area contributed by atoms with Crippen LogP contribution in [0.1, 0.15) is 6.42 Å². The first-order valence-electron chi connectivity index (χ1n) is 7.60. The molecule has 0 saturated carbocycles. The van der Waals surface area contributed by atoms with Gasteiger partial charge in [0, 0.05) is 59.6 Å². The number of halogens is 4. The van der Waals surface area contributed by atoms with Crippen LogP contribution >= 0.6 is 48.0 Å². The molecule has 2 saturated heterocycles. The van der Waals surface area contributed by atoms with E-state index in [1.54, 1.807) is 6.07 Å². The third-order valence-electron chi connectivity index (χ3n) is 4.64. The number of aromatic nitrogens is 1. The molecule has 4 rings (SSSR count). The van der Waals surface area contributed by atoms with Crippen molar-refractivity contribution in [2.75, 3.05) is 31.1 Å². The average molecular weight is 407 g/mol. The molecule has 7 heteroatoms. The molecular formula is C17H19Cl4N3. The van der Waals surface area contributed by atoms with E-state index in [1.807, 2.05) is 24.5 Å². The Labute approximate surface area is 164 Å². The lowest BCUT2D eigenvalue weighted by Crippen LogP contribution is -2.46. The summed E-state index contributed by atoms with van der Waals surface area (Å²) in [5.74, 6) is 0. The molecule has 3 heterocycles. The normalized spacial score (nSPS) is 21.8. The van der Waals surface area contributed by atoms with E-state index in [4.69, 9.17) is 23.2 Å². The largest absolute Gasteiger partial charge is 0.365 e. The molecular weight excluding hydrogens is 388 g/mol. The van der Waals surface area contributed by atoms with Gasteiger partial charge in [0.15, 0.2) is 0 Å². The Morgan fingerprint density at radius 3 is 2.62 bits per heavy atom. The third-order valence-corrected chi connectivity index (χ3v) is 5.19. The highest BCUT2D eigenvalue weighted by molar-refractivity contribution is 6.36. The second-order valence-corrected chi connectivity index (χ2v) is 6.84. The monoisotopic (exact) mass is 405 g/mol. The molecule has 2 aliphatic heterocycles. The average Bonchev–Trinajstić information content (AvgIpc) is 2.89. The van der Waals surface area contributed by atoms with E-state index in [1.165, 1.54) is 25.2 Å². The van der Waals surface area contributed by atoms with Gasteiger partial charge in [-0.15, -0.1) is 24.8 Å². The fraction of sp³-hybridized carbons (Fsp3) is 0.353. The first-order valence-corrected chi connectivity index (χ1v) is 8.36. The van der Waals surface area contributed by atoms with E-state index in [2.05, 4.69) is 20.9 Å². The van der Waals surface area contributed by atoms with Gasteiger partial charge in [-0.2, -0.15) is 0 Å². The number of rotatable bonds is 2. The highest BCUT2D eigenvalue weighted by Crippen LogP contribution is 2.33. The molecule has 0 aliphatic carbocycles. The van der Waals surface area contributed by atoms with Crippen LogP contribution in [-0.2, 0) is 0 Å². The van der Waals surface area contributed by atoms with Crippen LogP contribution in [-0.4, -0.2) is 42.1 Å². The fourth-order valence-electron chi connectivity index (χ4n) is 3.50. The van der Waals surface area contributed by atoms with Crippen molar-refractivity contribution in [1.29, 1.82) is 0 Å². The Bertz CT molecular complexity index is 710. The summed E-state index contributed by atoms with van der Waals surface area (Å²) in [7, 11) is 0. The lowest BCUT2D eigenvalue weighted by atomic mass is 10.1. The van der Waals surface area contributed by atoms with E-state index in [-0.39, 0.29) is 24.8 Å². The van der Waals surface area contributed by atoms with Crippen molar-refractivity contribution in [3.63, 3.8) is 0 Å². The van der Waals surface area contributed by atoms with Crippen LogP contribution in [0.4, 0.5) is 5.69 Å². The van der Waals surface area contributed by atoms with Gasteiger partial charge in [0.2, 0.25) is 0 Å². The Hall–Kier alpha value is -0.710. The Kier molecular flexibility index (Phi) is 6.63. The van der Waals surface area contributed by atoms with Crippen molar-refractivity contribution in [1.82, 2.24) is 9.88 Å². The van der Waals surface area contributed by atoms with Gasteiger partial charge in [-0.25, -0.2) is 0 Å². The number of hydrogen-bond acceptors (Lipinski definition) is 3. The summed E-state index contributed by atoms with van der Waals surface area (Å²) < 4.78 is 0. The van der Waals surface area contributed by atoms with Gasteiger partial charge in [-0.05, 0) is 24.6 Å². The predicted molar refractivity (Wildman–Crippen MR) is 106 cm³/mol. The topological polar surface area (TPSA) is 19.4 Å². The first-order chi connectivity index (χ1) is 10.7. The van der Waals surface area contributed by atoms with Crippen LogP contribution in [0.3, 0.4) is 0 Å². The Morgan fingerprint density at radius 1 is 1.00 bits per heavy atom. The van der Waals surface area contributed by atoms with Crippen LogP contribution in [0.25, 0.3) is 11.1 Å². The number of hydrogen-bond donors (Lipinski definition) is 0. The molecule has 0 amide bonds. The quantitative estimate of drug-likeness (QED) is 0.714. The highest BCUT2D eigenvalue weighted by atomic mass is 35.5. The highest BCUT2D eigenvalue weighted by Gasteiger charge is 2.32. The SMILES string of the molecule is Cl.Cl.Clc1ccc(-c2cncc(N3CCN4CCC3C4)c2)c(Cl)c1.